The molecule has 19 heavy (non-hydrogen) atoms. The molecule has 1 unspecified atom stereocenters. The summed E-state index contributed by atoms with van der Waals surface area (Å²) < 4.78 is 26.6. The highest BCUT2D eigenvalue weighted by Gasteiger charge is 2.14. The van der Waals surface area contributed by atoms with E-state index in [2.05, 4.69) is 15.5 Å². The summed E-state index contributed by atoms with van der Waals surface area (Å²) in [7, 11) is 0. The third kappa shape index (κ3) is 3.33. The first kappa shape index (κ1) is 14.0. The maximum Gasteiger partial charge on any atom is 0.162 e. The summed E-state index contributed by atoms with van der Waals surface area (Å²) in [5.41, 5.74) is 0.304. The zero-order valence-corrected chi connectivity index (χ0v) is 11.6. The number of nitrogens with zero attached hydrogens (tertiary/aromatic N) is 2. The third-order valence-electron chi connectivity index (χ3n) is 2.74. The summed E-state index contributed by atoms with van der Waals surface area (Å²) in [5, 5.41) is 12.9. The fourth-order valence-electron chi connectivity index (χ4n) is 1.75. The highest BCUT2D eigenvalue weighted by molar-refractivity contribution is 7.11. The van der Waals surface area contributed by atoms with E-state index >= 15 is 0 Å². The van der Waals surface area contributed by atoms with Gasteiger partial charge in [-0.1, -0.05) is 30.4 Å². The van der Waals surface area contributed by atoms with Crippen molar-refractivity contribution in [3.05, 3.63) is 45.4 Å². The molecule has 0 aliphatic heterocycles. The summed E-state index contributed by atoms with van der Waals surface area (Å²) in [5.74, 6) is -1.64. The van der Waals surface area contributed by atoms with Gasteiger partial charge in [0, 0.05) is 6.42 Å². The number of nitrogens with one attached hydrogen (secondary N) is 1. The second-order valence-corrected chi connectivity index (χ2v) is 5.30. The first-order valence-electron chi connectivity index (χ1n) is 6.10. The first-order valence-corrected chi connectivity index (χ1v) is 6.92. The van der Waals surface area contributed by atoms with Crippen molar-refractivity contribution in [1.29, 1.82) is 0 Å². The average molecular weight is 283 g/mol. The van der Waals surface area contributed by atoms with Gasteiger partial charge < -0.3 is 5.32 Å². The van der Waals surface area contributed by atoms with Gasteiger partial charge in [-0.3, -0.25) is 0 Å². The lowest BCUT2D eigenvalue weighted by Gasteiger charge is -2.06. The van der Waals surface area contributed by atoms with Gasteiger partial charge >= 0.3 is 0 Å². The van der Waals surface area contributed by atoms with Crippen molar-refractivity contribution in [2.24, 2.45) is 0 Å². The van der Waals surface area contributed by atoms with Crippen LogP contribution in [0.1, 0.15) is 35.5 Å². The predicted octanol–water partition coefficient (Wildman–Crippen LogP) is 3.08. The topological polar surface area (TPSA) is 37.8 Å². The number of hydrogen-bond donors (Lipinski definition) is 1. The molecule has 3 nitrogen and oxygen atoms in total. The minimum atomic E-state index is -0.830. The van der Waals surface area contributed by atoms with Gasteiger partial charge in [0.15, 0.2) is 11.6 Å². The lowest BCUT2D eigenvalue weighted by molar-refractivity contribution is 0.500. The molecule has 0 saturated carbocycles. The summed E-state index contributed by atoms with van der Waals surface area (Å²) >= 11 is 1.42. The lowest BCUT2D eigenvalue weighted by Crippen LogP contribution is -2.17. The van der Waals surface area contributed by atoms with Crippen LogP contribution in [0.4, 0.5) is 8.78 Å². The van der Waals surface area contributed by atoms with Crippen LogP contribution in [0.25, 0.3) is 0 Å². The smallest absolute Gasteiger partial charge is 0.162 e. The van der Waals surface area contributed by atoms with Crippen molar-refractivity contribution in [3.63, 3.8) is 0 Å². The molecule has 2 rings (SSSR count). The Labute approximate surface area is 114 Å². The van der Waals surface area contributed by atoms with Crippen molar-refractivity contribution in [2.45, 2.75) is 26.3 Å². The molecular weight excluding hydrogens is 268 g/mol. The minimum Gasteiger partial charge on any atom is -0.308 e. The molecule has 0 saturated heterocycles. The predicted molar refractivity (Wildman–Crippen MR) is 71.2 cm³/mol. The molecule has 102 valence electrons. The second kappa shape index (κ2) is 6.16. The van der Waals surface area contributed by atoms with Gasteiger partial charge in [0.2, 0.25) is 0 Å². The van der Waals surface area contributed by atoms with Crippen molar-refractivity contribution in [2.75, 3.05) is 6.54 Å². The van der Waals surface area contributed by atoms with E-state index in [0.717, 1.165) is 17.6 Å². The summed E-state index contributed by atoms with van der Waals surface area (Å²) in [6.45, 7) is 4.85. The molecule has 0 bridgehead atoms. The van der Waals surface area contributed by atoms with Gasteiger partial charge in [0.1, 0.15) is 10.0 Å². The Morgan fingerprint density at radius 2 is 2.11 bits per heavy atom. The monoisotopic (exact) mass is 283 g/mol. The zero-order valence-electron chi connectivity index (χ0n) is 10.8. The first-order chi connectivity index (χ1) is 9.11. The van der Waals surface area contributed by atoms with Crippen molar-refractivity contribution < 1.29 is 8.78 Å². The van der Waals surface area contributed by atoms with Crippen LogP contribution in [0, 0.1) is 11.6 Å². The maximum absolute atomic E-state index is 13.5. The molecule has 0 aliphatic rings. The Hall–Kier alpha value is -1.40. The molecule has 1 aromatic carbocycles. The van der Waals surface area contributed by atoms with Crippen LogP contribution in [-0.2, 0) is 6.42 Å². The summed E-state index contributed by atoms with van der Waals surface area (Å²) in [6, 6.07) is 4.29. The van der Waals surface area contributed by atoms with Gasteiger partial charge in [-0.05, 0) is 25.1 Å². The number of rotatable bonds is 5. The maximum atomic E-state index is 13.5. The Morgan fingerprint density at radius 3 is 2.84 bits per heavy atom. The van der Waals surface area contributed by atoms with E-state index in [1.165, 1.54) is 17.4 Å². The van der Waals surface area contributed by atoms with Gasteiger partial charge in [-0.2, -0.15) is 0 Å². The normalized spacial score (nSPS) is 12.6. The molecule has 6 heteroatoms. The largest absolute Gasteiger partial charge is 0.308 e. The molecule has 2 aromatic rings. The molecule has 0 radical (unpaired) electrons. The van der Waals surface area contributed by atoms with Crippen molar-refractivity contribution in [3.8, 4) is 0 Å². The van der Waals surface area contributed by atoms with Crippen molar-refractivity contribution in [1.82, 2.24) is 15.5 Å². The van der Waals surface area contributed by atoms with E-state index in [1.807, 2.05) is 13.8 Å². The Morgan fingerprint density at radius 1 is 1.32 bits per heavy atom. The summed E-state index contributed by atoms with van der Waals surface area (Å²) in [4.78, 5) is 0. The quantitative estimate of drug-likeness (QED) is 0.916. The van der Waals surface area contributed by atoms with Gasteiger partial charge in [0.25, 0.3) is 0 Å². The van der Waals surface area contributed by atoms with E-state index in [0.29, 0.717) is 10.6 Å². The number of aromatic nitrogens is 2. The van der Waals surface area contributed by atoms with E-state index in [1.54, 1.807) is 6.07 Å². The zero-order chi connectivity index (χ0) is 13.8. The molecule has 1 heterocycles. The second-order valence-electron chi connectivity index (χ2n) is 4.20. The van der Waals surface area contributed by atoms with Crippen molar-refractivity contribution >= 4 is 11.3 Å². The van der Waals surface area contributed by atoms with Crippen LogP contribution in [-0.4, -0.2) is 16.7 Å². The summed E-state index contributed by atoms with van der Waals surface area (Å²) in [6.07, 6.45) is 0.264. The number of hydrogen-bond acceptors (Lipinski definition) is 4. The van der Waals surface area contributed by atoms with Crippen LogP contribution in [0.5, 0.6) is 0 Å². The van der Waals surface area contributed by atoms with Gasteiger partial charge in [-0.25, -0.2) is 8.78 Å². The highest BCUT2D eigenvalue weighted by Crippen LogP contribution is 2.21. The molecule has 0 aliphatic carbocycles. The molecule has 0 spiro atoms. The van der Waals surface area contributed by atoms with Crippen LogP contribution in [0.15, 0.2) is 18.2 Å². The molecule has 1 atom stereocenters. The third-order valence-corrected chi connectivity index (χ3v) is 3.84. The highest BCUT2D eigenvalue weighted by atomic mass is 32.1. The molecular formula is C13H15F2N3S. The van der Waals surface area contributed by atoms with E-state index < -0.39 is 11.6 Å². The number of halogens is 2. The molecule has 0 fully saturated rings. The van der Waals surface area contributed by atoms with Gasteiger partial charge in [-0.15, -0.1) is 10.2 Å². The Bertz CT molecular complexity index is 557. The fourth-order valence-corrected chi connectivity index (χ4v) is 2.65. The van der Waals surface area contributed by atoms with Crippen LogP contribution in [0.2, 0.25) is 0 Å². The molecule has 1 aromatic heterocycles. The standard InChI is InChI=1S/C13H15F2N3S/c1-3-16-8(2)13-18-17-11(19-13)7-9-5-4-6-10(14)12(9)15/h4-6,8,16H,3,7H2,1-2H3. The SMILES string of the molecule is CCNC(C)c1nnc(Cc2cccc(F)c2F)s1. The van der Waals surface area contributed by atoms with Crippen LogP contribution in [0.3, 0.4) is 0 Å². The average Bonchev–Trinajstić information content (AvgIpc) is 2.84. The van der Waals surface area contributed by atoms with Crippen LogP contribution >= 0.6 is 11.3 Å². The fraction of sp³-hybridized carbons (Fsp3) is 0.385. The Balaban J connectivity index is 2.14. The Kier molecular flexibility index (Phi) is 4.55. The van der Waals surface area contributed by atoms with E-state index in [-0.39, 0.29) is 12.5 Å². The molecule has 0 amide bonds. The van der Waals surface area contributed by atoms with E-state index in [4.69, 9.17) is 0 Å². The lowest BCUT2D eigenvalue weighted by atomic mass is 10.1. The molecule has 1 N–H and O–H groups in total. The van der Waals surface area contributed by atoms with Crippen LogP contribution < -0.4 is 5.32 Å². The van der Waals surface area contributed by atoms with Gasteiger partial charge in [0.05, 0.1) is 6.04 Å². The van der Waals surface area contributed by atoms with E-state index in [9.17, 15) is 8.78 Å². The number of benzene rings is 1. The minimum absolute atomic E-state index is 0.119.